The topological polar surface area (TPSA) is 41.9 Å². The number of thioether (sulfide) groups is 1. The molecule has 4 nitrogen and oxygen atoms in total. The van der Waals surface area contributed by atoms with Gasteiger partial charge in [-0.2, -0.15) is 0 Å². The number of ether oxygens (including phenoxy) is 1. The molecule has 0 spiro atoms. The highest BCUT2D eigenvalue weighted by atomic mass is 32.2. The maximum absolute atomic E-state index is 11.8. The zero-order chi connectivity index (χ0) is 24.1. The maximum Gasteiger partial charge on any atom is 0.219 e. The van der Waals surface area contributed by atoms with Gasteiger partial charge in [-0.15, -0.1) is 11.8 Å². The van der Waals surface area contributed by atoms with Gasteiger partial charge in [0, 0.05) is 20.0 Å². The van der Waals surface area contributed by atoms with Gasteiger partial charge in [0.2, 0.25) is 5.91 Å². The first-order valence-corrected chi connectivity index (χ1v) is 12.9. The van der Waals surface area contributed by atoms with Crippen LogP contribution in [0.4, 0.5) is 0 Å². The highest BCUT2D eigenvalue weighted by Gasteiger charge is 2.43. The third kappa shape index (κ3) is 9.70. The first-order valence-electron chi connectivity index (χ1n) is 11.6. The summed E-state index contributed by atoms with van der Waals surface area (Å²) in [5, 5.41) is 0.210. The fourth-order valence-electron chi connectivity index (χ4n) is 3.26. The quantitative estimate of drug-likeness (QED) is 0.230. The molecule has 1 unspecified atom stereocenters. The van der Waals surface area contributed by atoms with E-state index in [1.165, 1.54) is 6.42 Å². The number of allylic oxidation sites excluding steroid dienone is 3. The Bertz CT molecular complexity index is 643. The number of amides is 1. The van der Waals surface area contributed by atoms with Crippen LogP contribution in [0, 0.1) is 10.8 Å². The fraction of sp³-hybridized carbons (Fsp3) is 0.731. The van der Waals surface area contributed by atoms with Crippen molar-refractivity contribution in [3.63, 3.8) is 0 Å². The van der Waals surface area contributed by atoms with Gasteiger partial charge in [0.05, 0.1) is 23.1 Å². The van der Waals surface area contributed by atoms with E-state index in [4.69, 9.17) is 9.73 Å². The monoisotopic (exact) mass is 450 g/mol. The van der Waals surface area contributed by atoms with E-state index in [2.05, 4.69) is 59.3 Å². The van der Waals surface area contributed by atoms with Crippen molar-refractivity contribution in [3.8, 4) is 0 Å². The van der Waals surface area contributed by atoms with Gasteiger partial charge in [-0.1, -0.05) is 59.4 Å². The Balaban J connectivity index is 0.00000131. The van der Waals surface area contributed by atoms with Crippen LogP contribution in [-0.4, -0.2) is 47.8 Å². The second-order valence-corrected chi connectivity index (χ2v) is 10.1. The summed E-state index contributed by atoms with van der Waals surface area (Å²) in [6, 6.07) is 0. The number of carbonyl (C=O) groups excluding carboxylic acids is 1. The molecule has 1 rings (SSSR count). The van der Waals surface area contributed by atoms with Gasteiger partial charge in [0.1, 0.15) is 5.76 Å². The van der Waals surface area contributed by atoms with Crippen LogP contribution in [0.3, 0.4) is 0 Å². The molecule has 0 aromatic rings. The Morgan fingerprint density at radius 1 is 1.29 bits per heavy atom. The number of piperidine rings is 1. The molecule has 0 saturated carbocycles. The van der Waals surface area contributed by atoms with Gasteiger partial charge in [0.15, 0.2) is 0 Å². The van der Waals surface area contributed by atoms with Crippen LogP contribution in [0.1, 0.15) is 81.1 Å². The minimum absolute atomic E-state index is 0.120. The molecule has 0 N–H and O–H groups in total. The standard InChI is InChI=1S/C20H32N2O2S.C6H14/c1-7-11-17(21-19(9-3)25-6)20(18(8-2)24-10-4)12-14-22(15-13-20)16(5)23;1-5-6(2,3)4/h7,11,19H,2,9-10,12-15H2,1,3-6H3;5H2,1-4H3/b11-7-,21-17+;. The van der Waals surface area contributed by atoms with Crippen molar-refractivity contribution >= 4 is 23.4 Å². The number of nitrogens with zero attached hydrogens (tertiary/aromatic N) is 2. The molecule has 0 radical (unpaired) electrons. The lowest BCUT2D eigenvalue weighted by molar-refractivity contribution is -0.130. The molecule has 1 atom stereocenters. The van der Waals surface area contributed by atoms with Gasteiger partial charge in [-0.05, 0) is 50.9 Å². The fourth-order valence-corrected chi connectivity index (χ4v) is 3.81. The van der Waals surface area contributed by atoms with Gasteiger partial charge >= 0.3 is 0 Å². The summed E-state index contributed by atoms with van der Waals surface area (Å²) in [6.07, 6.45) is 9.99. The van der Waals surface area contributed by atoms with E-state index < -0.39 is 0 Å². The summed E-state index contributed by atoms with van der Waals surface area (Å²) < 4.78 is 5.92. The van der Waals surface area contributed by atoms with Gasteiger partial charge in [0.25, 0.3) is 0 Å². The third-order valence-electron chi connectivity index (χ3n) is 5.73. The smallest absolute Gasteiger partial charge is 0.219 e. The first-order chi connectivity index (χ1) is 14.5. The first kappa shape index (κ1) is 29.5. The van der Waals surface area contributed by atoms with Crippen molar-refractivity contribution < 1.29 is 9.53 Å². The lowest BCUT2D eigenvalue weighted by atomic mass is 9.72. The Kier molecular flexibility index (Phi) is 13.9. The lowest BCUT2D eigenvalue weighted by Gasteiger charge is -2.42. The van der Waals surface area contributed by atoms with E-state index in [1.54, 1.807) is 18.7 Å². The molecule has 1 fully saturated rings. The molecule has 178 valence electrons. The van der Waals surface area contributed by atoms with Gasteiger partial charge < -0.3 is 9.64 Å². The van der Waals surface area contributed by atoms with Crippen LogP contribution >= 0.6 is 11.8 Å². The number of carbonyl (C=O) groups is 1. The molecule has 1 heterocycles. The Morgan fingerprint density at radius 3 is 2.16 bits per heavy atom. The zero-order valence-corrected chi connectivity index (χ0v) is 22.3. The predicted octanol–water partition coefficient (Wildman–Crippen LogP) is 6.88. The predicted molar refractivity (Wildman–Crippen MR) is 138 cm³/mol. The molecule has 1 saturated heterocycles. The number of rotatable bonds is 8. The largest absolute Gasteiger partial charge is 0.489 e. The van der Waals surface area contributed by atoms with Crippen molar-refractivity contribution in [2.75, 3.05) is 26.0 Å². The Hall–Kier alpha value is -1.45. The van der Waals surface area contributed by atoms with Gasteiger partial charge in [-0.3, -0.25) is 9.79 Å². The summed E-state index contributed by atoms with van der Waals surface area (Å²) in [5.74, 6) is 0.875. The molecule has 0 bridgehead atoms. The minimum Gasteiger partial charge on any atom is -0.489 e. The normalized spacial score (nSPS) is 17.5. The molecule has 31 heavy (non-hydrogen) atoms. The molecular weight excluding hydrogens is 404 g/mol. The van der Waals surface area contributed by atoms with Crippen LogP contribution in [0.25, 0.3) is 0 Å². The molecule has 1 aliphatic heterocycles. The zero-order valence-electron chi connectivity index (χ0n) is 21.5. The van der Waals surface area contributed by atoms with E-state index in [0.717, 1.165) is 30.7 Å². The molecule has 0 aromatic heterocycles. The van der Waals surface area contributed by atoms with Crippen molar-refractivity contribution in [2.24, 2.45) is 15.8 Å². The summed E-state index contributed by atoms with van der Waals surface area (Å²) in [5.41, 5.74) is 4.22. The molecule has 5 heteroatoms. The molecule has 1 aliphatic rings. The highest BCUT2D eigenvalue weighted by Crippen LogP contribution is 2.41. The summed E-state index contributed by atoms with van der Waals surface area (Å²) >= 11 is 1.75. The van der Waals surface area contributed by atoms with Gasteiger partial charge in [-0.25, -0.2) is 0 Å². The summed E-state index contributed by atoms with van der Waals surface area (Å²) in [7, 11) is 0. The molecule has 0 aromatic carbocycles. The molecule has 1 amide bonds. The average molecular weight is 451 g/mol. The maximum atomic E-state index is 11.8. The second kappa shape index (κ2) is 14.6. The Labute approximate surface area is 196 Å². The average Bonchev–Trinajstić information content (AvgIpc) is 2.74. The number of aliphatic imine (C=N–C) groups is 1. The van der Waals surface area contributed by atoms with Crippen molar-refractivity contribution in [1.82, 2.24) is 4.90 Å². The minimum atomic E-state index is -0.362. The second-order valence-electron chi connectivity index (χ2n) is 9.05. The van der Waals surface area contributed by atoms with E-state index in [0.29, 0.717) is 25.1 Å². The van der Waals surface area contributed by atoms with Crippen LogP contribution in [-0.2, 0) is 9.53 Å². The van der Waals surface area contributed by atoms with E-state index in [-0.39, 0.29) is 16.7 Å². The van der Waals surface area contributed by atoms with E-state index in [9.17, 15) is 4.79 Å². The number of likely N-dealkylation sites (tertiary alicyclic amines) is 1. The van der Waals surface area contributed by atoms with Crippen LogP contribution in [0.2, 0.25) is 0 Å². The number of hydrogen-bond acceptors (Lipinski definition) is 4. The van der Waals surface area contributed by atoms with Crippen LogP contribution in [0.5, 0.6) is 0 Å². The molecule has 0 aliphatic carbocycles. The SMILES string of the molecule is C=C=C(OCC)C1(C(/C=C\C)=N/C(CC)SC)CCN(C(C)=O)CC1.CCC(C)(C)C. The lowest BCUT2D eigenvalue weighted by Crippen LogP contribution is -2.47. The Morgan fingerprint density at radius 2 is 1.84 bits per heavy atom. The van der Waals surface area contributed by atoms with Crippen molar-refractivity contribution in [1.29, 1.82) is 0 Å². The van der Waals surface area contributed by atoms with E-state index >= 15 is 0 Å². The third-order valence-corrected chi connectivity index (χ3v) is 6.71. The summed E-state index contributed by atoms with van der Waals surface area (Å²) in [6.45, 7) is 22.5. The van der Waals surface area contributed by atoms with Crippen molar-refractivity contribution in [2.45, 2.75) is 86.4 Å². The van der Waals surface area contributed by atoms with Crippen LogP contribution in [0.15, 0.2) is 35.2 Å². The van der Waals surface area contributed by atoms with Crippen LogP contribution < -0.4 is 0 Å². The number of hydrogen-bond donors (Lipinski definition) is 0. The highest BCUT2D eigenvalue weighted by molar-refractivity contribution is 7.99. The molecular formula is C26H46N2O2S. The summed E-state index contributed by atoms with van der Waals surface area (Å²) in [4.78, 5) is 18.7. The van der Waals surface area contributed by atoms with E-state index in [1.807, 2.05) is 24.8 Å². The van der Waals surface area contributed by atoms with Crippen molar-refractivity contribution in [3.05, 3.63) is 30.2 Å².